The van der Waals surface area contributed by atoms with Gasteiger partial charge in [0.2, 0.25) is 0 Å². The molecule has 0 radical (unpaired) electrons. The Morgan fingerprint density at radius 1 is 1.03 bits per heavy atom. The fourth-order valence-corrected chi connectivity index (χ4v) is 4.12. The quantitative estimate of drug-likeness (QED) is 0.615. The van der Waals surface area contributed by atoms with E-state index in [-0.39, 0.29) is 15.6 Å². The van der Waals surface area contributed by atoms with E-state index in [1.54, 1.807) is 6.07 Å². The molecule has 0 aliphatic carbocycles. The lowest BCUT2D eigenvalue weighted by atomic mass is 10.3. The van der Waals surface area contributed by atoms with Crippen molar-refractivity contribution < 1.29 is 32.2 Å². The smallest absolute Gasteiger partial charge is 0.307 e. The summed E-state index contributed by atoms with van der Waals surface area (Å²) in [6, 6.07) is 8.76. The highest BCUT2D eigenvalue weighted by molar-refractivity contribution is 7.91. The van der Waals surface area contributed by atoms with Crippen LogP contribution < -0.4 is 14.8 Å². The van der Waals surface area contributed by atoms with Crippen LogP contribution in [0.15, 0.2) is 41.3 Å². The third-order valence-electron chi connectivity index (χ3n) is 4.01. The molecule has 160 valence electrons. The number of carbonyl (C=O) groups is 2. The average Bonchev–Trinajstić information content (AvgIpc) is 2.73. The average molecular weight is 474 g/mol. The Balaban J connectivity index is 1.50. The Kier molecular flexibility index (Phi) is 7.06. The van der Waals surface area contributed by atoms with Crippen molar-refractivity contribution in [3.8, 4) is 11.5 Å². The lowest BCUT2D eigenvalue weighted by Crippen LogP contribution is -2.22. The van der Waals surface area contributed by atoms with Crippen molar-refractivity contribution in [2.24, 2.45) is 0 Å². The maximum atomic E-state index is 12.5. The molecule has 0 bridgehead atoms. The van der Waals surface area contributed by atoms with Crippen molar-refractivity contribution in [1.29, 1.82) is 0 Å². The number of hydrogen-bond donors (Lipinski definition) is 1. The molecule has 0 saturated heterocycles. The fourth-order valence-electron chi connectivity index (χ4n) is 2.55. The minimum atomic E-state index is -3.76. The van der Waals surface area contributed by atoms with Gasteiger partial charge in [0.1, 0.15) is 13.2 Å². The van der Waals surface area contributed by atoms with Gasteiger partial charge in [-0.1, -0.05) is 23.2 Å². The first-order chi connectivity index (χ1) is 14.2. The molecule has 2 aromatic rings. The molecule has 1 amide bonds. The largest absolute Gasteiger partial charge is 0.486 e. The van der Waals surface area contributed by atoms with Gasteiger partial charge >= 0.3 is 5.97 Å². The third kappa shape index (κ3) is 5.78. The number of esters is 1. The highest BCUT2D eigenvalue weighted by atomic mass is 35.5. The third-order valence-corrected chi connectivity index (χ3v) is 6.29. The number of halogens is 2. The number of benzene rings is 2. The number of carbonyl (C=O) groups excluding carboxylic acids is 2. The van der Waals surface area contributed by atoms with Crippen molar-refractivity contribution in [3.05, 3.63) is 46.4 Å². The van der Waals surface area contributed by atoms with Crippen LogP contribution in [0.3, 0.4) is 0 Å². The van der Waals surface area contributed by atoms with E-state index in [0.717, 1.165) is 0 Å². The van der Waals surface area contributed by atoms with Gasteiger partial charge in [-0.2, -0.15) is 0 Å². The molecule has 30 heavy (non-hydrogen) atoms. The van der Waals surface area contributed by atoms with E-state index in [2.05, 4.69) is 5.32 Å². The van der Waals surface area contributed by atoms with Crippen LogP contribution in [0.2, 0.25) is 10.0 Å². The van der Waals surface area contributed by atoms with E-state index in [9.17, 15) is 18.0 Å². The van der Waals surface area contributed by atoms with Crippen molar-refractivity contribution in [2.75, 3.05) is 30.9 Å². The predicted octanol–water partition coefficient (Wildman–Crippen LogP) is 3.11. The standard InChI is InChI=1S/C19H17Cl2NO7S/c20-12-1-3-14(21)15(9-12)22-18(23)11-29-19(24)5-8-30(25,26)13-2-4-16-17(10-13)28-7-6-27-16/h1-4,9-10H,5-8,11H2,(H,22,23). The second-order valence-electron chi connectivity index (χ2n) is 6.21. The summed E-state index contributed by atoms with van der Waals surface area (Å²) in [4.78, 5) is 23.8. The van der Waals surface area contributed by atoms with Crippen LogP contribution in [0.4, 0.5) is 5.69 Å². The number of anilines is 1. The first kappa shape index (κ1) is 22.2. The minimum Gasteiger partial charge on any atom is -0.486 e. The number of sulfone groups is 1. The summed E-state index contributed by atoms with van der Waals surface area (Å²) < 4.78 is 40.5. The number of amides is 1. The molecule has 1 aliphatic rings. The lowest BCUT2D eigenvalue weighted by Gasteiger charge is -2.18. The Hall–Kier alpha value is -2.49. The zero-order valence-corrected chi connectivity index (χ0v) is 17.8. The van der Waals surface area contributed by atoms with E-state index < -0.39 is 40.5 Å². The number of rotatable bonds is 7. The van der Waals surface area contributed by atoms with E-state index >= 15 is 0 Å². The van der Waals surface area contributed by atoms with Crippen LogP contribution in [0, 0.1) is 0 Å². The molecule has 0 saturated carbocycles. The Bertz CT molecular complexity index is 1070. The SMILES string of the molecule is O=C(COC(=O)CCS(=O)(=O)c1ccc2c(c1)OCCO2)Nc1cc(Cl)ccc1Cl. The first-order valence-electron chi connectivity index (χ1n) is 8.77. The van der Waals surface area contributed by atoms with E-state index in [4.69, 9.17) is 37.4 Å². The molecule has 3 rings (SSSR count). The first-order valence-corrected chi connectivity index (χ1v) is 11.2. The summed E-state index contributed by atoms with van der Waals surface area (Å²) in [5.41, 5.74) is 0.270. The van der Waals surface area contributed by atoms with Crippen molar-refractivity contribution >= 4 is 50.6 Å². The Labute approximate surface area is 182 Å². The Morgan fingerprint density at radius 3 is 2.53 bits per heavy atom. The minimum absolute atomic E-state index is 0.00731. The van der Waals surface area contributed by atoms with Gasteiger partial charge in [-0.25, -0.2) is 8.42 Å². The summed E-state index contributed by atoms with van der Waals surface area (Å²) in [6.45, 7) is 0.124. The van der Waals surface area contributed by atoms with Crippen LogP contribution in [-0.2, 0) is 24.2 Å². The zero-order chi connectivity index (χ0) is 21.7. The molecular weight excluding hydrogens is 457 g/mol. The van der Waals surface area contributed by atoms with E-state index in [0.29, 0.717) is 29.7 Å². The summed E-state index contributed by atoms with van der Waals surface area (Å²) in [7, 11) is -3.76. The molecule has 1 N–H and O–H groups in total. The van der Waals surface area contributed by atoms with Crippen molar-refractivity contribution in [1.82, 2.24) is 0 Å². The lowest BCUT2D eigenvalue weighted by molar-refractivity contribution is -0.146. The molecule has 8 nitrogen and oxygen atoms in total. The number of hydrogen-bond acceptors (Lipinski definition) is 7. The molecule has 0 unspecified atom stereocenters. The van der Waals surface area contributed by atoms with Gasteiger partial charge in [0, 0.05) is 11.1 Å². The molecule has 0 fully saturated rings. The molecule has 1 aliphatic heterocycles. The maximum Gasteiger partial charge on any atom is 0.307 e. The van der Waals surface area contributed by atoms with Crippen molar-refractivity contribution in [2.45, 2.75) is 11.3 Å². The normalized spacial score (nSPS) is 12.9. The summed E-state index contributed by atoms with van der Waals surface area (Å²) in [5, 5.41) is 3.10. The second-order valence-corrected chi connectivity index (χ2v) is 9.16. The number of ether oxygens (including phenoxy) is 3. The van der Waals surface area contributed by atoms with Gasteiger partial charge in [0.25, 0.3) is 5.91 Å². The van der Waals surface area contributed by atoms with Crippen LogP contribution >= 0.6 is 23.2 Å². The Morgan fingerprint density at radius 2 is 1.77 bits per heavy atom. The van der Waals surface area contributed by atoms with Gasteiger partial charge in [0.15, 0.2) is 27.9 Å². The highest BCUT2D eigenvalue weighted by Crippen LogP contribution is 2.32. The molecule has 0 atom stereocenters. The van der Waals surface area contributed by atoms with Gasteiger partial charge in [-0.3, -0.25) is 9.59 Å². The van der Waals surface area contributed by atoms with Crippen LogP contribution in [0.5, 0.6) is 11.5 Å². The van der Waals surface area contributed by atoms with Gasteiger partial charge in [0.05, 0.1) is 27.8 Å². The predicted molar refractivity (Wildman–Crippen MR) is 110 cm³/mol. The molecule has 0 aromatic heterocycles. The molecule has 2 aromatic carbocycles. The monoisotopic (exact) mass is 473 g/mol. The van der Waals surface area contributed by atoms with Gasteiger partial charge in [-0.15, -0.1) is 0 Å². The summed E-state index contributed by atoms with van der Waals surface area (Å²) in [5.74, 6) is -1.15. The van der Waals surface area contributed by atoms with Crippen LogP contribution in [0.25, 0.3) is 0 Å². The topological polar surface area (TPSA) is 108 Å². The molecule has 11 heteroatoms. The number of nitrogens with one attached hydrogen (secondary N) is 1. The van der Waals surface area contributed by atoms with E-state index in [1.165, 1.54) is 30.3 Å². The second kappa shape index (κ2) is 9.55. The van der Waals surface area contributed by atoms with Gasteiger partial charge < -0.3 is 19.5 Å². The molecule has 1 heterocycles. The molecular formula is C19H17Cl2NO7S. The zero-order valence-electron chi connectivity index (χ0n) is 15.5. The highest BCUT2D eigenvalue weighted by Gasteiger charge is 2.21. The summed E-state index contributed by atoms with van der Waals surface area (Å²) in [6.07, 6.45) is -0.415. The molecule has 0 spiro atoms. The van der Waals surface area contributed by atoms with Gasteiger partial charge in [-0.05, 0) is 30.3 Å². The van der Waals surface area contributed by atoms with Crippen LogP contribution in [-0.4, -0.2) is 45.9 Å². The maximum absolute atomic E-state index is 12.5. The fraction of sp³-hybridized carbons (Fsp3) is 0.263. The van der Waals surface area contributed by atoms with Crippen LogP contribution in [0.1, 0.15) is 6.42 Å². The van der Waals surface area contributed by atoms with E-state index in [1.807, 2.05) is 0 Å². The number of fused-ring (bicyclic) bond motifs is 1. The van der Waals surface area contributed by atoms with Crippen molar-refractivity contribution in [3.63, 3.8) is 0 Å². The summed E-state index contributed by atoms with van der Waals surface area (Å²) >= 11 is 11.8.